The van der Waals surface area contributed by atoms with Crippen LogP contribution in [0, 0.1) is 5.82 Å². The fourth-order valence-corrected chi connectivity index (χ4v) is 2.31. The molecule has 0 bridgehead atoms. The number of hydrogen-bond donors (Lipinski definition) is 1. The van der Waals surface area contributed by atoms with Gasteiger partial charge in [0.05, 0.1) is 11.1 Å². The topological polar surface area (TPSA) is 9.23 Å². The fourth-order valence-electron chi connectivity index (χ4n) is 1.74. The van der Waals surface area contributed by atoms with E-state index in [0.29, 0.717) is 22.6 Å². The maximum absolute atomic E-state index is 13.4. The van der Waals surface area contributed by atoms with Crippen LogP contribution < -0.4 is 4.74 Å². The van der Waals surface area contributed by atoms with Crippen molar-refractivity contribution in [3.63, 3.8) is 0 Å². The molecule has 0 saturated carbocycles. The summed E-state index contributed by atoms with van der Waals surface area (Å²) in [5.41, 5.74) is 1.18. The molecule has 2 rings (SSSR count). The molecule has 0 radical (unpaired) electrons. The predicted octanol–water partition coefficient (Wildman–Crippen LogP) is 4.68. The second kappa shape index (κ2) is 6.96. The van der Waals surface area contributed by atoms with E-state index >= 15 is 0 Å². The Morgan fingerprint density at radius 1 is 1.16 bits per heavy atom. The summed E-state index contributed by atoms with van der Waals surface area (Å²) in [5.74, 6) is 1.09. The third-order valence-corrected chi connectivity index (χ3v) is 3.92. The molecule has 19 heavy (non-hydrogen) atoms. The first-order chi connectivity index (χ1) is 9.20. The highest BCUT2D eigenvalue weighted by Crippen LogP contribution is 2.23. The number of ether oxygens (including phenoxy) is 1. The van der Waals surface area contributed by atoms with Gasteiger partial charge in [0.15, 0.2) is 0 Å². The van der Waals surface area contributed by atoms with Gasteiger partial charge in [-0.15, -0.1) is 0 Å². The highest BCUT2D eigenvalue weighted by atomic mass is 79.9. The van der Waals surface area contributed by atoms with E-state index in [9.17, 15) is 4.39 Å². The molecule has 1 atom stereocenters. The molecule has 1 nitrogen and oxygen atoms in total. The summed E-state index contributed by atoms with van der Waals surface area (Å²) in [4.78, 5) is 0. The summed E-state index contributed by atoms with van der Waals surface area (Å²) >= 11 is 7.47. The van der Waals surface area contributed by atoms with Crippen LogP contribution in [0.2, 0.25) is 0 Å². The Balaban J connectivity index is 2.02. The number of thiol groups is 1. The molecule has 0 heterocycles. The number of rotatable bonds is 5. The van der Waals surface area contributed by atoms with Crippen molar-refractivity contribution in [2.24, 2.45) is 0 Å². The summed E-state index contributed by atoms with van der Waals surface area (Å²) in [6.45, 7) is 0.481. The molecule has 4 heteroatoms. The molecule has 1 unspecified atom stereocenters. The quantitative estimate of drug-likeness (QED) is 0.777. The molecule has 0 saturated heterocycles. The average Bonchev–Trinajstić information content (AvgIpc) is 2.44. The van der Waals surface area contributed by atoms with Crippen LogP contribution >= 0.6 is 28.6 Å². The summed E-state index contributed by atoms with van der Waals surface area (Å²) in [6.07, 6.45) is 0. The Morgan fingerprint density at radius 2 is 1.89 bits per heavy atom. The third kappa shape index (κ3) is 3.98. The zero-order chi connectivity index (χ0) is 13.7. The van der Waals surface area contributed by atoms with Crippen molar-refractivity contribution in [2.45, 2.75) is 5.92 Å². The molecule has 2 aromatic rings. The monoisotopic (exact) mass is 340 g/mol. The second-order valence-electron chi connectivity index (χ2n) is 4.18. The minimum Gasteiger partial charge on any atom is -0.493 e. The van der Waals surface area contributed by atoms with E-state index in [-0.39, 0.29) is 11.7 Å². The Labute approximate surface area is 126 Å². The van der Waals surface area contributed by atoms with E-state index in [1.54, 1.807) is 12.1 Å². The molecule has 0 amide bonds. The average molecular weight is 341 g/mol. The molecular weight excluding hydrogens is 327 g/mol. The Hall–Kier alpha value is -1.00. The van der Waals surface area contributed by atoms with Crippen LogP contribution in [0.15, 0.2) is 53.0 Å². The maximum atomic E-state index is 13.4. The summed E-state index contributed by atoms with van der Waals surface area (Å²) in [7, 11) is 0. The molecular formula is C15H14BrFOS. The van der Waals surface area contributed by atoms with E-state index in [2.05, 4.69) is 28.6 Å². The largest absolute Gasteiger partial charge is 0.493 e. The third-order valence-electron chi connectivity index (χ3n) is 2.83. The van der Waals surface area contributed by atoms with Gasteiger partial charge < -0.3 is 4.74 Å². The molecule has 0 fully saturated rings. The van der Waals surface area contributed by atoms with Gasteiger partial charge in [0.25, 0.3) is 0 Å². The molecule has 0 spiro atoms. The first kappa shape index (κ1) is 14.4. The minimum atomic E-state index is -0.320. The smallest absolute Gasteiger partial charge is 0.141 e. The SMILES string of the molecule is Fc1cc(OCC(CS)c2ccccc2)ccc1Br. The normalized spacial score (nSPS) is 12.2. The molecule has 2 aromatic carbocycles. The van der Waals surface area contributed by atoms with Crippen molar-refractivity contribution in [2.75, 3.05) is 12.4 Å². The van der Waals surface area contributed by atoms with E-state index in [1.165, 1.54) is 11.6 Å². The molecule has 0 aromatic heterocycles. The predicted molar refractivity (Wildman–Crippen MR) is 82.6 cm³/mol. The standard InChI is InChI=1S/C15H14BrFOS/c16-14-7-6-13(8-15(14)17)18-9-12(10-19)11-4-2-1-3-5-11/h1-8,12,19H,9-10H2. The Kier molecular flexibility index (Phi) is 5.28. The van der Waals surface area contributed by atoms with Crippen LogP contribution in [-0.2, 0) is 0 Å². The number of hydrogen-bond acceptors (Lipinski definition) is 2. The molecule has 0 N–H and O–H groups in total. The highest BCUT2D eigenvalue weighted by molar-refractivity contribution is 9.10. The van der Waals surface area contributed by atoms with Gasteiger partial charge in [0.1, 0.15) is 11.6 Å². The van der Waals surface area contributed by atoms with Gasteiger partial charge in [0, 0.05) is 17.7 Å². The van der Waals surface area contributed by atoms with Crippen LogP contribution in [0.5, 0.6) is 5.75 Å². The van der Waals surface area contributed by atoms with Crippen molar-refractivity contribution in [1.29, 1.82) is 0 Å². The lowest BCUT2D eigenvalue weighted by Gasteiger charge is -2.16. The minimum absolute atomic E-state index is 0.191. The van der Waals surface area contributed by atoms with Crippen LogP contribution in [0.3, 0.4) is 0 Å². The summed E-state index contributed by atoms with van der Waals surface area (Å²) < 4.78 is 19.4. The first-order valence-electron chi connectivity index (χ1n) is 5.94. The van der Waals surface area contributed by atoms with Crippen molar-refractivity contribution in [3.05, 3.63) is 64.4 Å². The Morgan fingerprint density at radius 3 is 2.53 bits per heavy atom. The van der Waals surface area contributed by atoms with Gasteiger partial charge in [-0.2, -0.15) is 12.6 Å². The van der Waals surface area contributed by atoms with Crippen molar-refractivity contribution in [3.8, 4) is 5.75 Å². The van der Waals surface area contributed by atoms with E-state index in [4.69, 9.17) is 4.74 Å². The van der Waals surface area contributed by atoms with Crippen LogP contribution in [0.4, 0.5) is 4.39 Å². The van der Waals surface area contributed by atoms with Gasteiger partial charge in [0.2, 0.25) is 0 Å². The van der Waals surface area contributed by atoms with Gasteiger partial charge in [-0.1, -0.05) is 30.3 Å². The summed E-state index contributed by atoms with van der Waals surface area (Å²) in [6, 6.07) is 14.8. The summed E-state index contributed by atoms with van der Waals surface area (Å²) in [5, 5.41) is 0. The van der Waals surface area contributed by atoms with Gasteiger partial charge >= 0.3 is 0 Å². The van der Waals surface area contributed by atoms with E-state index < -0.39 is 0 Å². The van der Waals surface area contributed by atoms with Crippen molar-refractivity contribution < 1.29 is 9.13 Å². The lowest BCUT2D eigenvalue weighted by atomic mass is 10.0. The van der Waals surface area contributed by atoms with Crippen LogP contribution in [0.1, 0.15) is 11.5 Å². The fraction of sp³-hybridized carbons (Fsp3) is 0.200. The zero-order valence-electron chi connectivity index (χ0n) is 10.2. The Bertz CT molecular complexity index is 533. The van der Waals surface area contributed by atoms with Crippen molar-refractivity contribution >= 4 is 28.6 Å². The lowest BCUT2D eigenvalue weighted by Crippen LogP contribution is -2.12. The highest BCUT2D eigenvalue weighted by Gasteiger charge is 2.11. The van der Waals surface area contributed by atoms with E-state index in [0.717, 1.165) is 0 Å². The van der Waals surface area contributed by atoms with E-state index in [1.807, 2.05) is 30.3 Å². The van der Waals surface area contributed by atoms with Gasteiger partial charge in [-0.3, -0.25) is 0 Å². The second-order valence-corrected chi connectivity index (χ2v) is 5.40. The maximum Gasteiger partial charge on any atom is 0.141 e. The molecule has 100 valence electrons. The van der Waals surface area contributed by atoms with Gasteiger partial charge in [-0.25, -0.2) is 4.39 Å². The van der Waals surface area contributed by atoms with Crippen LogP contribution in [0.25, 0.3) is 0 Å². The number of halogens is 2. The molecule has 0 aliphatic carbocycles. The van der Waals surface area contributed by atoms with Gasteiger partial charge in [-0.05, 0) is 33.6 Å². The first-order valence-corrected chi connectivity index (χ1v) is 7.37. The molecule has 0 aliphatic heterocycles. The van der Waals surface area contributed by atoms with Crippen molar-refractivity contribution in [1.82, 2.24) is 0 Å². The number of benzene rings is 2. The lowest BCUT2D eigenvalue weighted by molar-refractivity contribution is 0.296. The zero-order valence-corrected chi connectivity index (χ0v) is 12.7. The van der Waals surface area contributed by atoms with Crippen LogP contribution in [-0.4, -0.2) is 12.4 Å². The molecule has 0 aliphatic rings.